The molecule has 0 saturated carbocycles. The molecule has 0 aliphatic heterocycles. The van der Waals surface area contributed by atoms with Crippen LogP contribution < -0.4 is 0 Å². The fourth-order valence-electron chi connectivity index (χ4n) is 7.34. The summed E-state index contributed by atoms with van der Waals surface area (Å²) < 4.78 is 0. The summed E-state index contributed by atoms with van der Waals surface area (Å²) in [5.41, 5.74) is 10.0. The summed E-state index contributed by atoms with van der Waals surface area (Å²) in [7, 11) is 0. The van der Waals surface area contributed by atoms with Gasteiger partial charge in [-0.1, -0.05) is 170 Å². The predicted octanol–water partition coefficient (Wildman–Crippen LogP) is 13.0. The van der Waals surface area contributed by atoms with Gasteiger partial charge in [0.2, 0.25) is 0 Å². The van der Waals surface area contributed by atoms with Crippen molar-refractivity contribution in [1.82, 2.24) is 0 Å². The van der Waals surface area contributed by atoms with Gasteiger partial charge in [-0.3, -0.25) is 0 Å². The molecular weight excluding hydrogens is 553 g/mol. The second-order valence-corrected chi connectivity index (χ2v) is 12.1. The third-order valence-corrected chi connectivity index (χ3v) is 9.44. The minimum atomic E-state index is 1.23. The highest BCUT2D eigenvalue weighted by atomic mass is 14.2. The van der Waals surface area contributed by atoms with Crippen molar-refractivity contribution < 1.29 is 0 Å². The Labute approximate surface area is 268 Å². The summed E-state index contributed by atoms with van der Waals surface area (Å²) in [6, 6.07) is 66.5. The van der Waals surface area contributed by atoms with Gasteiger partial charge in [0.1, 0.15) is 0 Å². The third kappa shape index (κ3) is 4.30. The first-order chi connectivity index (χ1) is 22.8. The zero-order valence-corrected chi connectivity index (χ0v) is 25.3. The van der Waals surface area contributed by atoms with Gasteiger partial charge in [0, 0.05) is 0 Å². The summed E-state index contributed by atoms with van der Waals surface area (Å²) in [4.78, 5) is 0. The van der Waals surface area contributed by atoms with E-state index in [4.69, 9.17) is 0 Å². The molecule has 9 aromatic carbocycles. The molecule has 0 heterocycles. The van der Waals surface area contributed by atoms with Gasteiger partial charge < -0.3 is 0 Å². The largest absolute Gasteiger partial charge is 0.0622 e. The molecule has 9 aromatic rings. The van der Waals surface area contributed by atoms with Crippen molar-refractivity contribution in [1.29, 1.82) is 0 Å². The molecule has 0 aliphatic rings. The summed E-state index contributed by atoms with van der Waals surface area (Å²) in [5, 5.41) is 10.1. The molecule has 0 aliphatic carbocycles. The van der Waals surface area contributed by atoms with Gasteiger partial charge in [0.25, 0.3) is 0 Å². The van der Waals surface area contributed by atoms with Crippen LogP contribution in [0.2, 0.25) is 0 Å². The Balaban J connectivity index is 1.32. The van der Waals surface area contributed by atoms with Gasteiger partial charge in [-0.15, -0.1) is 0 Å². The zero-order chi connectivity index (χ0) is 30.5. The molecule has 0 atom stereocenters. The monoisotopic (exact) mass is 582 g/mol. The van der Waals surface area contributed by atoms with Gasteiger partial charge in [0.15, 0.2) is 0 Å². The first kappa shape index (κ1) is 26.4. The molecule has 0 heteroatoms. The maximum atomic E-state index is 2.41. The van der Waals surface area contributed by atoms with E-state index in [9.17, 15) is 0 Å². The van der Waals surface area contributed by atoms with Crippen molar-refractivity contribution in [2.24, 2.45) is 0 Å². The summed E-state index contributed by atoms with van der Waals surface area (Å²) in [5.74, 6) is 0. The lowest BCUT2D eigenvalue weighted by molar-refractivity contribution is 1.61. The van der Waals surface area contributed by atoms with Gasteiger partial charge in [0.05, 0.1) is 0 Å². The average molecular weight is 583 g/mol. The summed E-state index contributed by atoms with van der Waals surface area (Å²) >= 11 is 0. The number of fused-ring (bicyclic) bond motifs is 4. The van der Waals surface area contributed by atoms with E-state index in [1.807, 2.05) is 0 Å². The maximum Gasteiger partial charge on any atom is -0.00201 e. The molecule has 0 saturated heterocycles. The van der Waals surface area contributed by atoms with Crippen molar-refractivity contribution in [3.8, 4) is 44.5 Å². The van der Waals surface area contributed by atoms with Crippen LogP contribution in [0.15, 0.2) is 182 Å². The first-order valence-corrected chi connectivity index (χ1v) is 15.9. The summed E-state index contributed by atoms with van der Waals surface area (Å²) in [6.45, 7) is 0. The molecule has 46 heavy (non-hydrogen) atoms. The Morgan fingerprint density at radius 3 is 1.48 bits per heavy atom. The molecule has 0 nitrogen and oxygen atoms in total. The quantitative estimate of drug-likeness (QED) is 0.181. The maximum absolute atomic E-state index is 2.41. The Morgan fingerprint density at radius 2 is 0.739 bits per heavy atom. The van der Waals surface area contributed by atoms with E-state index in [0.29, 0.717) is 0 Å². The normalized spacial score (nSPS) is 11.5. The topological polar surface area (TPSA) is 0 Å². The molecule has 0 spiro atoms. The highest BCUT2D eigenvalue weighted by Gasteiger charge is 2.19. The van der Waals surface area contributed by atoms with Crippen LogP contribution in [0, 0.1) is 0 Å². The first-order valence-electron chi connectivity index (χ1n) is 15.9. The van der Waals surface area contributed by atoms with E-state index in [1.54, 1.807) is 0 Å². The minimum absolute atomic E-state index is 1.23. The lowest BCUT2D eigenvalue weighted by Gasteiger charge is -2.20. The number of hydrogen-bond donors (Lipinski definition) is 0. The molecule has 0 fully saturated rings. The van der Waals surface area contributed by atoms with Crippen molar-refractivity contribution >= 4 is 43.1 Å². The second-order valence-electron chi connectivity index (χ2n) is 12.1. The standard InChI is InChI=1S/C46H30/c1-2-14-32(15-3-1)37-18-6-7-19-39(37)46-42-22-10-8-20-40(42)45(41-21-9-11-23-43(41)46)36-28-26-33-17-12-24-38(44(33)30-36)35-27-25-31-13-4-5-16-34(31)29-35/h1-30H. The molecule has 214 valence electrons. The predicted molar refractivity (Wildman–Crippen MR) is 198 cm³/mol. The second kappa shape index (κ2) is 10.9. The van der Waals surface area contributed by atoms with Gasteiger partial charge >= 0.3 is 0 Å². The smallest absolute Gasteiger partial charge is 0.00201 e. The van der Waals surface area contributed by atoms with Gasteiger partial charge in [-0.2, -0.15) is 0 Å². The molecule has 0 amide bonds. The SMILES string of the molecule is c1ccc(-c2ccccc2-c2c3ccccc3c(-c3ccc4cccc(-c5ccc6ccccc6c5)c4c3)c3ccccc23)cc1. The highest BCUT2D eigenvalue weighted by molar-refractivity contribution is 6.23. The molecule has 0 radical (unpaired) electrons. The van der Waals surface area contributed by atoms with Crippen molar-refractivity contribution in [2.45, 2.75) is 0 Å². The van der Waals surface area contributed by atoms with E-state index >= 15 is 0 Å². The van der Waals surface area contributed by atoms with Crippen LogP contribution >= 0.6 is 0 Å². The highest BCUT2D eigenvalue weighted by Crippen LogP contribution is 2.46. The number of rotatable bonds is 4. The van der Waals surface area contributed by atoms with Crippen molar-refractivity contribution in [2.75, 3.05) is 0 Å². The Morgan fingerprint density at radius 1 is 0.217 bits per heavy atom. The van der Waals surface area contributed by atoms with Crippen LogP contribution in [-0.2, 0) is 0 Å². The molecule has 0 bridgehead atoms. The van der Waals surface area contributed by atoms with E-state index < -0.39 is 0 Å². The third-order valence-electron chi connectivity index (χ3n) is 9.44. The van der Waals surface area contributed by atoms with Crippen LogP contribution in [0.25, 0.3) is 87.6 Å². The van der Waals surface area contributed by atoms with E-state index in [1.165, 1.54) is 87.6 Å². The summed E-state index contributed by atoms with van der Waals surface area (Å²) in [6.07, 6.45) is 0. The fourth-order valence-corrected chi connectivity index (χ4v) is 7.34. The van der Waals surface area contributed by atoms with Crippen LogP contribution in [0.3, 0.4) is 0 Å². The van der Waals surface area contributed by atoms with E-state index in [2.05, 4.69) is 182 Å². The molecular formula is C46H30. The number of hydrogen-bond acceptors (Lipinski definition) is 0. The van der Waals surface area contributed by atoms with Crippen LogP contribution in [0.4, 0.5) is 0 Å². The lowest BCUT2D eigenvalue weighted by atomic mass is 9.83. The molecule has 0 aromatic heterocycles. The van der Waals surface area contributed by atoms with Crippen molar-refractivity contribution in [3.63, 3.8) is 0 Å². The van der Waals surface area contributed by atoms with Gasteiger partial charge in [-0.25, -0.2) is 0 Å². The van der Waals surface area contributed by atoms with E-state index in [0.717, 1.165) is 0 Å². The number of benzene rings is 9. The fraction of sp³-hybridized carbons (Fsp3) is 0. The molecule has 0 unspecified atom stereocenters. The minimum Gasteiger partial charge on any atom is -0.0622 e. The molecule has 0 N–H and O–H groups in total. The van der Waals surface area contributed by atoms with Crippen LogP contribution in [-0.4, -0.2) is 0 Å². The Hall–Kier alpha value is -5.98. The van der Waals surface area contributed by atoms with Crippen LogP contribution in [0.5, 0.6) is 0 Å². The Bertz CT molecular complexity index is 2520. The lowest BCUT2D eigenvalue weighted by Crippen LogP contribution is -1.93. The van der Waals surface area contributed by atoms with Gasteiger partial charge in [-0.05, 0) is 99.7 Å². The average Bonchev–Trinajstić information content (AvgIpc) is 3.13. The Kier molecular flexibility index (Phi) is 6.25. The zero-order valence-electron chi connectivity index (χ0n) is 25.3. The van der Waals surface area contributed by atoms with Crippen molar-refractivity contribution in [3.05, 3.63) is 182 Å². The van der Waals surface area contributed by atoms with Crippen LogP contribution in [0.1, 0.15) is 0 Å². The van der Waals surface area contributed by atoms with E-state index in [-0.39, 0.29) is 0 Å². The molecule has 9 rings (SSSR count).